The Morgan fingerprint density at radius 2 is 2.00 bits per heavy atom. The number of aliphatic hydroxyl groups is 1. The highest BCUT2D eigenvalue weighted by atomic mass is 32.1. The largest absolute Gasteiger partial charge is 0.395 e. The summed E-state index contributed by atoms with van der Waals surface area (Å²) in [7, 11) is 0. The Kier molecular flexibility index (Phi) is 5.59. The Morgan fingerprint density at radius 3 is 2.35 bits per heavy atom. The topological polar surface area (TPSA) is 49.5 Å². The molecule has 98 valence electrons. The second-order valence-corrected chi connectivity index (χ2v) is 6.13. The van der Waals surface area contributed by atoms with E-state index in [1.165, 1.54) is 9.75 Å². The number of rotatable bonds is 6. The lowest BCUT2D eigenvalue weighted by Crippen LogP contribution is -2.44. The van der Waals surface area contributed by atoms with Crippen LogP contribution in [0.25, 0.3) is 0 Å². The summed E-state index contributed by atoms with van der Waals surface area (Å²) in [6.45, 7) is 9.27. The van der Waals surface area contributed by atoms with Crippen molar-refractivity contribution in [3.05, 3.63) is 21.9 Å². The van der Waals surface area contributed by atoms with Gasteiger partial charge < -0.3 is 10.8 Å². The van der Waals surface area contributed by atoms with Gasteiger partial charge in [-0.05, 0) is 39.8 Å². The Labute approximate surface area is 108 Å². The van der Waals surface area contributed by atoms with E-state index in [0.717, 1.165) is 0 Å². The first kappa shape index (κ1) is 14.6. The first-order valence-corrected chi connectivity index (χ1v) is 6.97. The van der Waals surface area contributed by atoms with E-state index in [1.54, 1.807) is 11.3 Å². The van der Waals surface area contributed by atoms with Crippen LogP contribution in [0.1, 0.15) is 36.6 Å². The molecular formula is C13H24N2OS. The van der Waals surface area contributed by atoms with Crippen LogP contribution in [-0.4, -0.2) is 35.2 Å². The highest BCUT2D eigenvalue weighted by Crippen LogP contribution is 2.30. The number of aryl methyl sites for hydroxylation is 1. The molecule has 3 nitrogen and oxygen atoms in total. The molecule has 17 heavy (non-hydrogen) atoms. The van der Waals surface area contributed by atoms with Crippen LogP contribution in [0.3, 0.4) is 0 Å². The van der Waals surface area contributed by atoms with Crippen LogP contribution in [-0.2, 0) is 0 Å². The fraction of sp³-hybridized carbons (Fsp3) is 0.692. The average molecular weight is 256 g/mol. The lowest BCUT2D eigenvalue weighted by atomic mass is 10.1. The zero-order chi connectivity index (χ0) is 13.0. The van der Waals surface area contributed by atoms with Gasteiger partial charge in [-0.3, -0.25) is 4.90 Å². The highest BCUT2D eigenvalue weighted by Gasteiger charge is 2.26. The lowest BCUT2D eigenvalue weighted by Gasteiger charge is -2.36. The molecular weight excluding hydrogens is 232 g/mol. The summed E-state index contributed by atoms with van der Waals surface area (Å²) in [5.41, 5.74) is 6.13. The summed E-state index contributed by atoms with van der Waals surface area (Å²) < 4.78 is 0. The summed E-state index contributed by atoms with van der Waals surface area (Å²) >= 11 is 1.79. The second-order valence-electron chi connectivity index (χ2n) is 4.81. The quantitative estimate of drug-likeness (QED) is 0.820. The zero-order valence-electron chi connectivity index (χ0n) is 11.2. The maximum Gasteiger partial charge on any atom is 0.0593 e. The second kappa shape index (κ2) is 6.50. The molecule has 0 aromatic carbocycles. The summed E-state index contributed by atoms with van der Waals surface area (Å²) in [6, 6.07) is 4.91. The minimum Gasteiger partial charge on any atom is -0.395 e. The van der Waals surface area contributed by atoms with Crippen LogP contribution in [0.5, 0.6) is 0 Å². The van der Waals surface area contributed by atoms with Crippen molar-refractivity contribution in [3.8, 4) is 0 Å². The predicted octanol–water partition coefficient (Wildman–Crippen LogP) is 2.15. The molecule has 0 saturated heterocycles. The molecule has 1 heterocycles. The fourth-order valence-corrected chi connectivity index (χ4v) is 3.29. The van der Waals surface area contributed by atoms with Gasteiger partial charge >= 0.3 is 0 Å². The molecule has 0 aliphatic rings. The van der Waals surface area contributed by atoms with E-state index < -0.39 is 0 Å². The maximum absolute atomic E-state index is 9.19. The van der Waals surface area contributed by atoms with Gasteiger partial charge in [0.1, 0.15) is 0 Å². The van der Waals surface area contributed by atoms with Gasteiger partial charge in [0, 0.05) is 28.4 Å². The molecule has 1 rings (SSSR count). The lowest BCUT2D eigenvalue weighted by molar-refractivity contribution is 0.107. The average Bonchev–Trinajstić information content (AvgIpc) is 2.63. The van der Waals surface area contributed by atoms with Crippen molar-refractivity contribution in [2.75, 3.05) is 13.2 Å². The predicted molar refractivity (Wildman–Crippen MR) is 74.4 cm³/mol. The SMILES string of the molecule is Cc1ccc(C(C(C)N)N(CCO)C(C)C)s1. The molecule has 0 fully saturated rings. The molecule has 1 aromatic heterocycles. The minimum atomic E-state index is 0.0574. The van der Waals surface area contributed by atoms with E-state index in [2.05, 4.69) is 37.8 Å². The summed E-state index contributed by atoms with van der Waals surface area (Å²) in [6.07, 6.45) is 0. The fourth-order valence-electron chi connectivity index (χ4n) is 2.17. The van der Waals surface area contributed by atoms with Crippen molar-refractivity contribution >= 4 is 11.3 Å². The Balaban J connectivity index is 2.98. The van der Waals surface area contributed by atoms with Crippen molar-refractivity contribution < 1.29 is 5.11 Å². The van der Waals surface area contributed by atoms with E-state index in [4.69, 9.17) is 5.73 Å². The molecule has 1 aromatic rings. The van der Waals surface area contributed by atoms with Gasteiger partial charge in [-0.25, -0.2) is 0 Å². The molecule has 0 spiro atoms. The first-order chi connectivity index (χ1) is 7.97. The highest BCUT2D eigenvalue weighted by molar-refractivity contribution is 7.12. The normalized spacial score (nSPS) is 15.5. The standard InChI is InChI=1S/C13H24N2OS/c1-9(2)15(7-8-16)13(11(4)14)12-6-5-10(3)17-12/h5-6,9,11,13,16H,7-8,14H2,1-4H3. The third kappa shape index (κ3) is 3.78. The van der Waals surface area contributed by atoms with E-state index in [1.807, 2.05) is 6.92 Å². The monoisotopic (exact) mass is 256 g/mol. The Hall–Kier alpha value is -0.420. The van der Waals surface area contributed by atoms with Gasteiger partial charge in [-0.15, -0.1) is 11.3 Å². The van der Waals surface area contributed by atoms with Crippen molar-refractivity contribution in [2.24, 2.45) is 5.73 Å². The Bertz CT molecular complexity index is 336. The Morgan fingerprint density at radius 1 is 1.35 bits per heavy atom. The number of aliphatic hydroxyl groups excluding tert-OH is 1. The van der Waals surface area contributed by atoms with Crippen molar-refractivity contribution in [1.29, 1.82) is 0 Å². The van der Waals surface area contributed by atoms with Crippen LogP contribution >= 0.6 is 11.3 Å². The molecule has 2 unspecified atom stereocenters. The van der Waals surface area contributed by atoms with Gasteiger partial charge in [0.15, 0.2) is 0 Å². The van der Waals surface area contributed by atoms with Gasteiger partial charge in [-0.2, -0.15) is 0 Å². The molecule has 4 heteroatoms. The van der Waals surface area contributed by atoms with Crippen LogP contribution in [0.2, 0.25) is 0 Å². The molecule has 2 atom stereocenters. The molecule has 0 radical (unpaired) electrons. The molecule has 0 aliphatic heterocycles. The smallest absolute Gasteiger partial charge is 0.0593 e. The number of hydrogen-bond donors (Lipinski definition) is 2. The first-order valence-electron chi connectivity index (χ1n) is 6.16. The van der Waals surface area contributed by atoms with Crippen molar-refractivity contribution in [2.45, 2.75) is 45.8 Å². The maximum atomic E-state index is 9.19. The molecule has 0 saturated carbocycles. The van der Waals surface area contributed by atoms with Crippen LogP contribution in [0.4, 0.5) is 0 Å². The number of thiophene rings is 1. The third-order valence-corrected chi connectivity index (χ3v) is 4.00. The molecule has 0 bridgehead atoms. The molecule has 0 aliphatic carbocycles. The number of nitrogens with two attached hydrogens (primary N) is 1. The van der Waals surface area contributed by atoms with Crippen molar-refractivity contribution in [1.82, 2.24) is 4.90 Å². The van der Waals surface area contributed by atoms with E-state index in [0.29, 0.717) is 12.6 Å². The minimum absolute atomic E-state index is 0.0574. The number of hydrogen-bond acceptors (Lipinski definition) is 4. The van der Waals surface area contributed by atoms with Gasteiger partial charge in [0.2, 0.25) is 0 Å². The van der Waals surface area contributed by atoms with Gasteiger partial charge in [-0.1, -0.05) is 0 Å². The summed E-state index contributed by atoms with van der Waals surface area (Å²) in [5.74, 6) is 0. The third-order valence-electron chi connectivity index (χ3n) is 2.93. The van der Waals surface area contributed by atoms with Crippen molar-refractivity contribution in [3.63, 3.8) is 0 Å². The van der Waals surface area contributed by atoms with E-state index in [9.17, 15) is 5.11 Å². The van der Waals surface area contributed by atoms with Crippen LogP contribution < -0.4 is 5.73 Å². The van der Waals surface area contributed by atoms with Crippen LogP contribution in [0.15, 0.2) is 12.1 Å². The van der Waals surface area contributed by atoms with Crippen LogP contribution in [0, 0.1) is 6.92 Å². The molecule has 3 N–H and O–H groups in total. The number of nitrogens with zero attached hydrogens (tertiary/aromatic N) is 1. The summed E-state index contributed by atoms with van der Waals surface area (Å²) in [5, 5.41) is 9.19. The van der Waals surface area contributed by atoms with Gasteiger partial charge in [0.05, 0.1) is 12.6 Å². The molecule has 0 amide bonds. The van der Waals surface area contributed by atoms with Gasteiger partial charge in [0.25, 0.3) is 0 Å². The zero-order valence-corrected chi connectivity index (χ0v) is 12.0. The van der Waals surface area contributed by atoms with E-state index >= 15 is 0 Å². The summed E-state index contributed by atoms with van der Waals surface area (Å²) in [4.78, 5) is 4.87. The van der Waals surface area contributed by atoms with E-state index in [-0.39, 0.29) is 18.7 Å².